The smallest absolute Gasteiger partial charge is 0.264 e. The third-order valence-electron chi connectivity index (χ3n) is 4.61. The number of thiophene rings is 1. The van der Waals surface area contributed by atoms with E-state index in [0.717, 1.165) is 29.6 Å². The number of carbonyl (C=O) groups is 1. The van der Waals surface area contributed by atoms with Gasteiger partial charge in [-0.25, -0.2) is 4.39 Å². The highest BCUT2D eigenvalue weighted by molar-refractivity contribution is 7.21. The average Bonchev–Trinajstić information content (AvgIpc) is 2.85. The predicted molar refractivity (Wildman–Crippen MR) is 88.8 cm³/mol. The van der Waals surface area contributed by atoms with Gasteiger partial charge in [0.15, 0.2) is 0 Å². The molecule has 2 aromatic rings. The zero-order chi connectivity index (χ0) is 15.9. The summed E-state index contributed by atoms with van der Waals surface area (Å²) in [5.74, 6) is 0.340. The van der Waals surface area contributed by atoms with Crippen LogP contribution in [0.25, 0.3) is 10.1 Å². The second-order valence-corrected chi connectivity index (χ2v) is 7.24. The summed E-state index contributed by atoms with van der Waals surface area (Å²) in [6.07, 6.45) is 1.95. The fraction of sp³-hybridized carbons (Fsp3) is 0.471. The van der Waals surface area contributed by atoms with E-state index in [1.165, 1.54) is 17.4 Å². The number of benzene rings is 1. The van der Waals surface area contributed by atoms with E-state index in [1.54, 1.807) is 6.07 Å². The first kappa shape index (κ1) is 15.4. The van der Waals surface area contributed by atoms with E-state index in [2.05, 4.69) is 6.92 Å². The molecule has 1 fully saturated rings. The topological polar surface area (TPSA) is 46.3 Å². The monoisotopic (exact) mass is 320 g/mol. The Hall–Kier alpha value is -1.46. The zero-order valence-corrected chi connectivity index (χ0v) is 13.8. The van der Waals surface area contributed by atoms with E-state index < -0.39 is 0 Å². The molecule has 118 valence electrons. The van der Waals surface area contributed by atoms with Gasteiger partial charge in [0.05, 0.1) is 4.88 Å². The molecule has 1 aliphatic rings. The quantitative estimate of drug-likeness (QED) is 0.920. The number of aryl methyl sites for hydroxylation is 1. The molecule has 1 aromatic heterocycles. The predicted octanol–water partition coefficient (Wildman–Crippen LogP) is 3.55. The van der Waals surface area contributed by atoms with Crippen molar-refractivity contribution in [2.24, 2.45) is 11.7 Å². The summed E-state index contributed by atoms with van der Waals surface area (Å²) in [5, 5.41) is 0.575. The van der Waals surface area contributed by atoms with Crippen LogP contribution >= 0.6 is 11.3 Å². The van der Waals surface area contributed by atoms with Crippen LogP contribution in [0, 0.1) is 18.7 Å². The molecule has 5 heteroatoms. The van der Waals surface area contributed by atoms with Crippen LogP contribution in [-0.2, 0) is 0 Å². The van der Waals surface area contributed by atoms with E-state index in [0.29, 0.717) is 22.7 Å². The molecule has 0 radical (unpaired) electrons. The van der Waals surface area contributed by atoms with Crippen LogP contribution in [0.2, 0.25) is 0 Å². The van der Waals surface area contributed by atoms with Gasteiger partial charge < -0.3 is 10.6 Å². The van der Waals surface area contributed by atoms with Crippen molar-refractivity contribution in [3.63, 3.8) is 0 Å². The van der Waals surface area contributed by atoms with E-state index in [-0.39, 0.29) is 17.8 Å². The van der Waals surface area contributed by atoms with Crippen molar-refractivity contribution in [1.82, 2.24) is 4.90 Å². The minimum Gasteiger partial charge on any atom is -0.334 e. The first-order chi connectivity index (χ1) is 10.5. The van der Waals surface area contributed by atoms with Gasteiger partial charge in [0.25, 0.3) is 5.91 Å². The number of rotatable bonds is 2. The third-order valence-corrected chi connectivity index (χ3v) is 5.85. The highest BCUT2D eigenvalue weighted by atomic mass is 32.1. The molecule has 2 atom stereocenters. The molecule has 3 rings (SSSR count). The fourth-order valence-corrected chi connectivity index (χ4v) is 4.51. The molecular weight excluding hydrogens is 299 g/mol. The van der Waals surface area contributed by atoms with Crippen molar-refractivity contribution < 1.29 is 9.18 Å². The maximum absolute atomic E-state index is 14.0. The number of piperidine rings is 1. The van der Waals surface area contributed by atoms with Crippen LogP contribution < -0.4 is 5.73 Å². The number of likely N-dealkylation sites (tertiary alicyclic amines) is 1. The second kappa shape index (κ2) is 5.97. The molecule has 2 heterocycles. The van der Waals surface area contributed by atoms with Gasteiger partial charge in [0.2, 0.25) is 0 Å². The summed E-state index contributed by atoms with van der Waals surface area (Å²) in [4.78, 5) is 15.5. The van der Waals surface area contributed by atoms with Crippen molar-refractivity contribution in [2.45, 2.75) is 32.7 Å². The highest BCUT2D eigenvalue weighted by Crippen LogP contribution is 2.34. The molecule has 1 saturated heterocycles. The SMILES string of the molecule is Cc1c(C(=O)N2CCC(C)CC2CN)sc2cccc(F)c12. The van der Waals surface area contributed by atoms with Crippen LogP contribution in [0.3, 0.4) is 0 Å². The Morgan fingerprint density at radius 3 is 2.95 bits per heavy atom. The Kier molecular flexibility index (Phi) is 4.19. The minimum absolute atomic E-state index is 0.000417. The number of carbonyl (C=O) groups excluding carboxylic acids is 1. The maximum atomic E-state index is 14.0. The molecule has 1 aromatic carbocycles. The molecule has 2 unspecified atom stereocenters. The maximum Gasteiger partial charge on any atom is 0.264 e. The number of nitrogens with two attached hydrogens (primary N) is 1. The summed E-state index contributed by atoms with van der Waals surface area (Å²) in [6, 6.07) is 5.09. The second-order valence-electron chi connectivity index (χ2n) is 6.19. The lowest BCUT2D eigenvalue weighted by Gasteiger charge is -2.37. The largest absolute Gasteiger partial charge is 0.334 e. The van der Waals surface area contributed by atoms with E-state index in [9.17, 15) is 9.18 Å². The molecule has 22 heavy (non-hydrogen) atoms. The van der Waals surface area contributed by atoms with E-state index >= 15 is 0 Å². The number of hydrogen-bond donors (Lipinski definition) is 1. The lowest BCUT2D eigenvalue weighted by Crippen LogP contribution is -2.49. The molecular formula is C17H21FN2OS. The molecule has 3 nitrogen and oxygen atoms in total. The Balaban J connectivity index is 1.98. The minimum atomic E-state index is -0.257. The molecule has 0 saturated carbocycles. The van der Waals surface area contributed by atoms with Gasteiger partial charge >= 0.3 is 0 Å². The van der Waals surface area contributed by atoms with Gasteiger partial charge in [-0.3, -0.25) is 4.79 Å². The number of halogens is 1. The van der Waals surface area contributed by atoms with Gasteiger partial charge in [-0.05, 0) is 43.4 Å². The van der Waals surface area contributed by atoms with Gasteiger partial charge in [-0.1, -0.05) is 13.0 Å². The first-order valence-electron chi connectivity index (χ1n) is 7.71. The molecule has 1 amide bonds. The molecule has 0 bridgehead atoms. The summed E-state index contributed by atoms with van der Waals surface area (Å²) >= 11 is 1.38. The van der Waals surface area contributed by atoms with Crippen LogP contribution in [0.1, 0.15) is 35.0 Å². The third kappa shape index (κ3) is 2.52. The summed E-state index contributed by atoms with van der Waals surface area (Å²) < 4.78 is 14.9. The Morgan fingerprint density at radius 2 is 2.27 bits per heavy atom. The number of amides is 1. The van der Waals surface area contributed by atoms with Gasteiger partial charge in [0, 0.05) is 29.2 Å². The Morgan fingerprint density at radius 1 is 1.50 bits per heavy atom. The number of hydrogen-bond acceptors (Lipinski definition) is 3. The van der Waals surface area contributed by atoms with Crippen LogP contribution in [0.4, 0.5) is 4.39 Å². The van der Waals surface area contributed by atoms with Crippen molar-refractivity contribution in [3.8, 4) is 0 Å². The highest BCUT2D eigenvalue weighted by Gasteiger charge is 2.31. The first-order valence-corrected chi connectivity index (χ1v) is 8.53. The van der Waals surface area contributed by atoms with Crippen LogP contribution in [0.5, 0.6) is 0 Å². The van der Waals surface area contributed by atoms with Crippen molar-refractivity contribution in [1.29, 1.82) is 0 Å². The van der Waals surface area contributed by atoms with Crippen molar-refractivity contribution in [3.05, 3.63) is 34.5 Å². The Bertz CT molecular complexity index is 712. The summed E-state index contributed by atoms with van der Waals surface area (Å²) in [7, 11) is 0. The van der Waals surface area contributed by atoms with Crippen LogP contribution in [-0.4, -0.2) is 29.9 Å². The van der Waals surface area contributed by atoms with Gasteiger partial charge in [0.1, 0.15) is 5.82 Å². The summed E-state index contributed by atoms with van der Waals surface area (Å²) in [5.41, 5.74) is 6.61. The van der Waals surface area contributed by atoms with E-state index in [4.69, 9.17) is 5.73 Å². The standard InChI is InChI=1S/C17H21FN2OS/c1-10-6-7-20(12(8-10)9-19)17(21)16-11(2)15-13(18)4-3-5-14(15)22-16/h3-5,10,12H,6-9,19H2,1-2H3. The lowest BCUT2D eigenvalue weighted by atomic mass is 9.92. The zero-order valence-electron chi connectivity index (χ0n) is 12.9. The Labute approximate surface area is 133 Å². The lowest BCUT2D eigenvalue weighted by molar-refractivity contribution is 0.0578. The number of nitrogens with zero attached hydrogens (tertiary/aromatic N) is 1. The molecule has 0 aliphatic carbocycles. The van der Waals surface area contributed by atoms with Crippen molar-refractivity contribution >= 4 is 27.3 Å². The molecule has 2 N–H and O–H groups in total. The average molecular weight is 320 g/mol. The fourth-order valence-electron chi connectivity index (χ4n) is 3.33. The summed E-state index contributed by atoms with van der Waals surface area (Å²) in [6.45, 7) is 5.25. The normalized spacial score (nSPS) is 22.3. The van der Waals surface area contributed by atoms with Gasteiger partial charge in [-0.15, -0.1) is 11.3 Å². The molecule has 0 spiro atoms. The molecule has 1 aliphatic heterocycles. The van der Waals surface area contributed by atoms with Crippen molar-refractivity contribution in [2.75, 3.05) is 13.1 Å². The van der Waals surface area contributed by atoms with E-state index in [1.807, 2.05) is 17.9 Å². The van der Waals surface area contributed by atoms with Crippen LogP contribution in [0.15, 0.2) is 18.2 Å². The number of fused-ring (bicyclic) bond motifs is 1. The van der Waals surface area contributed by atoms with Gasteiger partial charge in [-0.2, -0.15) is 0 Å².